The Morgan fingerprint density at radius 2 is 1.67 bits per heavy atom. The van der Waals surface area contributed by atoms with Crippen LogP contribution in [0.1, 0.15) is 10.4 Å². The number of nitrogens with one attached hydrogen (secondary N) is 1. The van der Waals surface area contributed by atoms with Gasteiger partial charge in [-0.25, -0.2) is 0 Å². The first-order chi connectivity index (χ1) is 8.68. The van der Waals surface area contributed by atoms with Crippen molar-refractivity contribution in [1.82, 2.24) is 0 Å². The lowest BCUT2D eigenvalue weighted by molar-refractivity contribution is 0.102. The highest BCUT2D eigenvalue weighted by atomic mass is 16.8. The van der Waals surface area contributed by atoms with Gasteiger partial charge in [-0.05, 0) is 24.3 Å². The Morgan fingerprint density at radius 3 is 2.33 bits per heavy atom. The number of carbonyl (C=O) groups is 1. The maximum Gasteiger partial charge on any atom is 0.255 e. The van der Waals surface area contributed by atoms with Crippen molar-refractivity contribution in [3.63, 3.8) is 0 Å². The van der Waals surface area contributed by atoms with Crippen LogP contribution in [0.4, 0.5) is 11.4 Å². The molecule has 92 valence electrons. The van der Waals surface area contributed by atoms with Crippen molar-refractivity contribution >= 4 is 17.3 Å². The predicted molar refractivity (Wildman–Crippen MR) is 68.5 cm³/mol. The van der Waals surface area contributed by atoms with E-state index in [-0.39, 0.29) is 22.5 Å². The van der Waals surface area contributed by atoms with Gasteiger partial charge in [-0.3, -0.25) is 10.0 Å². The molecule has 2 aromatic rings. The van der Waals surface area contributed by atoms with Gasteiger partial charge in [0, 0.05) is 5.56 Å². The fraction of sp³-hybridized carbons (Fsp3) is 0. The lowest BCUT2D eigenvalue weighted by Gasteiger charge is -2.24. The first kappa shape index (κ1) is 12.1. The highest BCUT2D eigenvalue weighted by Gasteiger charge is 2.08. The van der Waals surface area contributed by atoms with E-state index < -0.39 is 0 Å². The molecule has 0 unspecified atom stereocenters. The monoisotopic (exact) mass is 243 g/mol. The molecule has 2 rings (SSSR count). The first-order valence-electron chi connectivity index (χ1n) is 5.30. The molecule has 0 atom stereocenters. The molecule has 0 aromatic heterocycles. The van der Waals surface area contributed by atoms with E-state index in [1.165, 1.54) is 12.1 Å². The van der Waals surface area contributed by atoms with Crippen LogP contribution in [0.25, 0.3) is 0 Å². The lowest BCUT2D eigenvalue weighted by atomic mass is 10.2. The first-order valence-corrected chi connectivity index (χ1v) is 5.30. The molecular weight excluding hydrogens is 232 g/mol. The summed E-state index contributed by atoms with van der Waals surface area (Å²) in [4.78, 5) is 11.9. The van der Waals surface area contributed by atoms with E-state index in [9.17, 15) is 10.0 Å². The zero-order valence-corrected chi connectivity index (χ0v) is 9.41. The van der Waals surface area contributed by atoms with Crippen LogP contribution >= 0.6 is 0 Å². The fourth-order valence-corrected chi connectivity index (χ4v) is 1.53. The summed E-state index contributed by atoms with van der Waals surface area (Å²) >= 11 is 0. The molecule has 0 saturated carbocycles. The van der Waals surface area contributed by atoms with Crippen LogP contribution in [0.3, 0.4) is 0 Å². The maximum absolute atomic E-state index is 11.9. The average molecular weight is 243 g/mol. The molecule has 0 heterocycles. The van der Waals surface area contributed by atoms with Crippen molar-refractivity contribution < 1.29 is 10.0 Å². The number of nitrogens with zero attached hydrogens (tertiary/aromatic N) is 1. The Balaban J connectivity index is 2.22. The molecule has 18 heavy (non-hydrogen) atoms. The highest BCUT2D eigenvalue weighted by molar-refractivity contribution is 6.05. The van der Waals surface area contributed by atoms with Crippen LogP contribution in [0.15, 0.2) is 54.6 Å². The van der Waals surface area contributed by atoms with Crippen molar-refractivity contribution in [2.45, 2.75) is 0 Å². The van der Waals surface area contributed by atoms with E-state index in [4.69, 9.17) is 5.21 Å². The number of hydrogen-bond acceptors (Lipinski definition) is 4. The van der Waals surface area contributed by atoms with Gasteiger partial charge in [0.2, 0.25) is 0 Å². The number of anilines is 2. The zero-order valence-electron chi connectivity index (χ0n) is 9.41. The molecule has 0 saturated heterocycles. The van der Waals surface area contributed by atoms with Crippen LogP contribution in [0, 0.1) is 5.21 Å². The Kier molecular flexibility index (Phi) is 3.57. The van der Waals surface area contributed by atoms with Crippen molar-refractivity contribution in [3.05, 3.63) is 65.4 Å². The molecule has 0 bridgehead atoms. The van der Waals surface area contributed by atoms with Gasteiger partial charge in [0.05, 0.1) is 11.4 Å². The van der Waals surface area contributed by atoms with Crippen LogP contribution in [-0.2, 0) is 0 Å². The highest BCUT2D eigenvalue weighted by Crippen LogP contribution is 2.24. The van der Waals surface area contributed by atoms with Crippen molar-refractivity contribution in [1.29, 1.82) is 0 Å². The Labute approximate surface area is 104 Å². The molecule has 0 radical (unpaired) electrons. The second-order valence-electron chi connectivity index (χ2n) is 3.61. The van der Waals surface area contributed by atoms with Crippen molar-refractivity contribution in [2.24, 2.45) is 0 Å². The quantitative estimate of drug-likeness (QED) is 0.812. The van der Waals surface area contributed by atoms with Gasteiger partial charge in [-0.1, -0.05) is 30.3 Å². The Bertz CT molecular complexity index is 541. The predicted octanol–water partition coefficient (Wildman–Crippen LogP) is 2.63. The molecule has 2 N–H and O–H groups in total. The topological polar surface area (TPSA) is 75.6 Å². The van der Waals surface area contributed by atoms with Gasteiger partial charge in [0.15, 0.2) is 0 Å². The average Bonchev–Trinajstić information content (AvgIpc) is 2.40. The van der Waals surface area contributed by atoms with E-state index in [1.54, 1.807) is 42.5 Å². The molecule has 0 fully saturated rings. The number of amides is 1. The number of hydrogen-bond donors (Lipinski definition) is 2. The molecule has 1 amide bonds. The second kappa shape index (κ2) is 5.31. The Hall–Kier alpha value is -2.37. The molecule has 0 aliphatic rings. The minimum absolute atomic E-state index is 0.0122. The molecule has 0 spiro atoms. The minimum atomic E-state index is -0.343. The normalized spacial score (nSPS) is 9.89. The van der Waals surface area contributed by atoms with Crippen LogP contribution in [0.5, 0.6) is 0 Å². The molecular formula is C13H11N2O3-. The van der Waals surface area contributed by atoms with Gasteiger partial charge in [0.1, 0.15) is 0 Å². The van der Waals surface area contributed by atoms with E-state index in [0.29, 0.717) is 5.56 Å². The third kappa shape index (κ3) is 2.65. The molecule has 0 aliphatic heterocycles. The number of rotatable bonds is 3. The summed E-state index contributed by atoms with van der Waals surface area (Å²) in [6.07, 6.45) is 0. The lowest BCUT2D eigenvalue weighted by Crippen LogP contribution is -2.15. The van der Waals surface area contributed by atoms with E-state index >= 15 is 0 Å². The molecule has 2 aromatic carbocycles. The van der Waals surface area contributed by atoms with Crippen LogP contribution < -0.4 is 10.5 Å². The van der Waals surface area contributed by atoms with Crippen LogP contribution in [0.2, 0.25) is 0 Å². The van der Waals surface area contributed by atoms with Gasteiger partial charge >= 0.3 is 0 Å². The summed E-state index contributed by atoms with van der Waals surface area (Å²) in [6, 6.07) is 14.8. The Morgan fingerprint density at radius 1 is 1.06 bits per heavy atom. The van der Waals surface area contributed by atoms with E-state index in [1.807, 2.05) is 0 Å². The SMILES string of the molecule is O=C(Nc1ccccc1N([O-])O)c1ccccc1. The number of benzene rings is 2. The third-order valence-corrected chi connectivity index (χ3v) is 2.39. The van der Waals surface area contributed by atoms with Gasteiger partial charge in [-0.15, -0.1) is 0 Å². The number of carbonyl (C=O) groups excluding carboxylic acids is 1. The van der Waals surface area contributed by atoms with E-state index in [2.05, 4.69) is 5.32 Å². The summed E-state index contributed by atoms with van der Waals surface area (Å²) in [7, 11) is 0. The van der Waals surface area contributed by atoms with Gasteiger partial charge < -0.3 is 15.8 Å². The number of para-hydroxylation sites is 2. The van der Waals surface area contributed by atoms with Crippen molar-refractivity contribution in [3.8, 4) is 0 Å². The minimum Gasteiger partial charge on any atom is -0.733 e. The smallest absolute Gasteiger partial charge is 0.255 e. The summed E-state index contributed by atoms with van der Waals surface area (Å²) < 4.78 is 0. The van der Waals surface area contributed by atoms with Gasteiger partial charge in [0.25, 0.3) is 5.91 Å². The summed E-state index contributed by atoms with van der Waals surface area (Å²) in [5.41, 5.74) is 0.716. The van der Waals surface area contributed by atoms with Crippen LogP contribution in [-0.4, -0.2) is 11.1 Å². The van der Waals surface area contributed by atoms with Gasteiger partial charge in [-0.2, -0.15) is 0 Å². The van der Waals surface area contributed by atoms with E-state index in [0.717, 1.165) is 0 Å². The molecule has 0 aliphatic carbocycles. The maximum atomic E-state index is 11.9. The third-order valence-electron chi connectivity index (χ3n) is 2.39. The molecule has 5 heteroatoms. The standard InChI is InChI=1S/C13H11N2O3/c16-13(10-6-2-1-3-7-10)14-11-8-4-5-9-12(11)15(17)18/h1-9,17H,(H,14,16)/q-1. The zero-order chi connectivity index (χ0) is 13.0. The van der Waals surface area contributed by atoms with Crippen molar-refractivity contribution in [2.75, 3.05) is 10.5 Å². The molecule has 5 nitrogen and oxygen atoms in total. The fourth-order valence-electron chi connectivity index (χ4n) is 1.53. The summed E-state index contributed by atoms with van der Waals surface area (Å²) in [5.74, 6) is -0.343. The summed E-state index contributed by atoms with van der Waals surface area (Å²) in [6.45, 7) is 0. The summed E-state index contributed by atoms with van der Waals surface area (Å²) in [5, 5.41) is 22.1. The largest absolute Gasteiger partial charge is 0.733 e. The second-order valence-corrected chi connectivity index (χ2v) is 3.61.